The summed E-state index contributed by atoms with van der Waals surface area (Å²) in [6.07, 6.45) is 0.531. The number of nitrogens with one attached hydrogen (secondary N) is 2. The largest absolute Gasteiger partial charge is 0.503 e. The third kappa shape index (κ3) is 3.27. The summed E-state index contributed by atoms with van der Waals surface area (Å²) in [5, 5.41) is 16.1. The smallest absolute Gasteiger partial charge is 0.274 e. The molecule has 2 aromatic rings. The van der Waals surface area contributed by atoms with Crippen molar-refractivity contribution in [3.05, 3.63) is 62.6 Å². The molecule has 3 heterocycles. The van der Waals surface area contributed by atoms with E-state index in [1.807, 2.05) is 6.92 Å². The normalized spacial score (nSPS) is 19.5. The topological polar surface area (TPSA) is 104 Å². The standard InChI is InChI=1S/C21H22F2N4O4/c1-3-26-9-12-7-14(24-2)16-15(18(28)19(29)17(21(26)31)27(12)16)20(30)25-8-10-4-5-11(22)6-13(10)23/h4-6,12,14,24,29H,3,7-9H2,1-2H3,(H,25,30)/t12-,14-/m1/s1. The Bertz CT molecular complexity index is 1150. The van der Waals surface area contributed by atoms with E-state index in [0.717, 1.165) is 6.07 Å². The molecule has 0 spiro atoms. The molecular weight excluding hydrogens is 410 g/mol. The molecule has 3 N–H and O–H groups in total. The van der Waals surface area contributed by atoms with Gasteiger partial charge in [-0.25, -0.2) is 8.78 Å². The molecule has 0 unspecified atom stereocenters. The number of likely N-dealkylation sites (N-methyl/N-ethyl adjacent to an activating group) is 1. The minimum Gasteiger partial charge on any atom is -0.503 e. The predicted octanol–water partition coefficient (Wildman–Crippen LogP) is 1.44. The second-order valence-electron chi connectivity index (χ2n) is 7.65. The molecule has 0 radical (unpaired) electrons. The van der Waals surface area contributed by atoms with Gasteiger partial charge in [0.15, 0.2) is 11.4 Å². The number of carbonyl (C=O) groups is 2. The summed E-state index contributed by atoms with van der Waals surface area (Å²) in [5.74, 6) is -3.61. The first-order valence-electron chi connectivity index (χ1n) is 9.98. The van der Waals surface area contributed by atoms with Crippen molar-refractivity contribution in [3.8, 4) is 5.75 Å². The number of hydrogen-bond acceptors (Lipinski definition) is 5. The Balaban J connectivity index is 1.77. The average molecular weight is 432 g/mol. The van der Waals surface area contributed by atoms with E-state index in [4.69, 9.17) is 0 Å². The van der Waals surface area contributed by atoms with Gasteiger partial charge in [-0.2, -0.15) is 0 Å². The minimum atomic E-state index is -0.953. The molecular formula is C21H22F2N4O4. The summed E-state index contributed by atoms with van der Waals surface area (Å²) in [5.41, 5.74) is -0.984. The molecule has 2 aliphatic rings. The maximum Gasteiger partial charge on any atom is 0.274 e. The van der Waals surface area contributed by atoms with E-state index in [0.29, 0.717) is 31.3 Å². The van der Waals surface area contributed by atoms with Gasteiger partial charge in [0, 0.05) is 31.3 Å². The Morgan fingerprint density at radius 3 is 2.68 bits per heavy atom. The molecule has 0 aliphatic carbocycles. The first-order chi connectivity index (χ1) is 14.8. The monoisotopic (exact) mass is 432 g/mol. The lowest BCUT2D eigenvalue weighted by Gasteiger charge is -2.33. The summed E-state index contributed by atoms with van der Waals surface area (Å²) in [6, 6.07) is 2.38. The van der Waals surface area contributed by atoms with Crippen molar-refractivity contribution in [1.82, 2.24) is 20.1 Å². The van der Waals surface area contributed by atoms with Crippen LogP contribution in [0.5, 0.6) is 5.75 Å². The lowest BCUT2D eigenvalue weighted by molar-refractivity contribution is 0.0675. The highest BCUT2D eigenvalue weighted by molar-refractivity contribution is 6.00. The Labute approximate surface area is 176 Å². The van der Waals surface area contributed by atoms with Crippen molar-refractivity contribution in [3.63, 3.8) is 0 Å². The molecule has 164 valence electrons. The highest BCUT2D eigenvalue weighted by atomic mass is 19.1. The lowest BCUT2D eigenvalue weighted by atomic mass is 10.0. The highest BCUT2D eigenvalue weighted by Gasteiger charge is 2.44. The van der Waals surface area contributed by atoms with Crippen LogP contribution in [-0.4, -0.2) is 46.5 Å². The van der Waals surface area contributed by atoms with Crippen molar-refractivity contribution in [1.29, 1.82) is 0 Å². The van der Waals surface area contributed by atoms with Crippen molar-refractivity contribution in [2.75, 3.05) is 20.1 Å². The van der Waals surface area contributed by atoms with Crippen LogP contribution in [0, 0.1) is 11.6 Å². The summed E-state index contributed by atoms with van der Waals surface area (Å²) in [7, 11) is 1.68. The van der Waals surface area contributed by atoms with Crippen molar-refractivity contribution in [2.24, 2.45) is 0 Å². The van der Waals surface area contributed by atoms with Gasteiger partial charge < -0.3 is 25.2 Å². The molecule has 0 fully saturated rings. The number of carbonyl (C=O) groups excluding carboxylic acids is 2. The van der Waals surface area contributed by atoms with Crippen LogP contribution >= 0.6 is 0 Å². The number of benzene rings is 1. The number of halogens is 2. The van der Waals surface area contributed by atoms with Crippen LogP contribution in [0.3, 0.4) is 0 Å². The summed E-state index contributed by atoms with van der Waals surface area (Å²) in [6.45, 7) is 2.36. The SMILES string of the molecule is CCN1C[C@H]2C[C@@H](NC)c3c(C(=O)NCc4ccc(F)cc4F)c(=O)c(O)c(n32)C1=O. The molecule has 1 aromatic carbocycles. The quantitative estimate of drug-likeness (QED) is 0.664. The number of hydrogen-bond donors (Lipinski definition) is 3. The third-order valence-electron chi connectivity index (χ3n) is 5.96. The molecule has 0 bridgehead atoms. The predicted molar refractivity (Wildman–Crippen MR) is 107 cm³/mol. The number of pyridine rings is 1. The zero-order valence-corrected chi connectivity index (χ0v) is 17.0. The molecule has 2 atom stereocenters. The molecule has 31 heavy (non-hydrogen) atoms. The van der Waals surface area contributed by atoms with Crippen LogP contribution in [0.25, 0.3) is 0 Å². The van der Waals surface area contributed by atoms with E-state index in [2.05, 4.69) is 10.6 Å². The van der Waals surface area contributed by atoms with E-state index in [1.54, 1.807) is 16.5 Å². The second kappa shape index (κ2) is 7.77. The van der Waals surface area contributed by atoms with Crippen LogP contribution in [0.2, 0.25) is 0 Å². The van der Waals surface area contributed by atoms with Gasteiger partial charge in [0.2, 0.25) is 5.43 Å². The fourth-order valence-electron chi connectivity index (χ4n) is 4.43. The summed E-state index contributed by atoms with van der Waals surface area (Å²) >= 11 is 0. The molecule has 10 heteroatoms. The first kappa shape index (κ1) is 21.0. The zero-order chi connectivity index (χ0) is 22.4. The number of nitrogens with zero attached hydrogens (tertiary/aromatic N) is 2. The Kier molecular flexibility index (Phi) is 5.26. The van der Waals surface area contributed by atoms with E-state index in [9.17, 15) is 28.3 Å². The zero-order valence-electron chi connectivity index (χ0n) is 17.0. The lowest BCUT2D eigenvalue weighted by Crippen LogP contribution is -2.44. The van der Waals surface area contributed by atoms with Gasteiger partial charge in [-0.1, -0.05) is 6.07 Å². The van der Waals surface area contributed by atoms with E-state index in [1.165, 1.54) is 6.07 Å². The van der Waals surface area contributed by atoms with Crippen LogP contribution in [0.4, 0.5) is 8.78 Å². The molecule has 8 nitrogen and oxygen atoms in total. The molecule has 1 aromatic heterocycles. The Hall–Kier alpha value is -3.27. The Morgan fingerprint density at radius 2 is 2.03 bits per heavy atom. The van der Waals surface area contributed by atoms with Gasteiger partial charge in [0.25, 0.3) is 11.8 Å². The maximum absolute atomic E-state index is 13.9. The maximum atomic E-state index is 13.9. The van der Waals surface area contributed by atoms with Gasteiger partial charge in [-0.15, -0.1) is 0 Å². The molecule has 2 aliphatic heterocycles. The van der Waals surface area contributed by atoms with Gasteiger partial charge in [-0.3, -0.25) is 14.4 Å². The van der Waals surface area contributed by atoms with Crippen molar-refractivity contribution >= 4 is 11.8 Å². The second-order valence-corrected chi connectivity index (χ2v) is 7.65. The number of rotatable bonds is 5. The summed E-state index contributed by atoms with van der Waals surface area (Å²) in [4.78, 5) is 40.3. The highest BCUT2D eigenvalue weighted by Crippen LogP contribution is 2.41. The van der Waals surface area contributed by atoms with E-state index in [-0.39, 0.29) is 35.4 Å². The van der Waals surface area contributed by atoms with Crippen molar-refractivity contribution in [2.45, 2.75) is 32.0 Å². The Morgan fingerprint density at radius 1 is 1.29 bits per heavy atom. The minimum absolute atomic E-state index is 0.0465. The van der Waals surface area contributed by atoms with Gasteiger partial charge in [0.05, 0.1) is 17.8 Å². The first-order valence-corrected chi connectivity index (χ1v) is 9.98. The fourth-order valence-corrected chi connectivity index (χ4v) is 4.43. The van der Waals surface area contributed by atoms with Crippen LogP contribution in [-0.2, 0) is 6.54 Å². The molecule has 0 saturated carbocycles. The average Bonchev–Trinajstić information content (AvgIpc) is 3.10. The van der Waals surface area contributed by atoms with Crippen molar-refractivity contribution < 1.29 is 23.5 Å². The number of amides is 2. The van der Waals surface area contributed by atoms with E-state index < -0.39 is 34.6 Å². The molecule has 0 saturated heterocycles. The van der Waals surface area contributed by atoms with Crippen LogP contribution in [0.15, 0.2) is 23.0 Å². The van der Waals surface area contributed by atoms with Gasteiger partial charge in [-0.05, 0) is 26.5 Å². The summed E-state index contributed by atoms with van der Waals surface area (Å²) < 4.78 is 28.6. The van der Waals surface area contributed by atoms with Crippen LogP contribution < -0.4 is 16.1 Å². The third-order valence-corrected chi connectivity index (χ3v) is 5.96. The number of aromatic hydroxyl groups is 1. The van der Waals surface area contributed by atoms with Gasteiger partial charge in [0.1, 0.15) is 17.2 Å². The fraction of sp³-hybridized carbons (Fsp3) is 0.381. The number of aromatic nitrogens is 1. The van der Waals surface area contributed by atoms with Gasteiger partial charge >= 0.3 is 0 Å². The molecule has 4 rings (SSSR count). The van der Waals surface area contributed by atoms with E-state index >= 15 is 0 Å². The van der Waals surface area contributed by atoms with Crippen LogP contribution in [0.1, 0.15) is 57.5 Å². The molecule has 2 amide bonds.